The molecule has 6 heteroatoms. The number of nitro groups is 1. The summed E-state index contributed by atoms with van der Waals surface area (Å²) in [5.74, 6) is 0. The van der Waals surface area contributed by atoms with Gasteiger partial charge < -0.3 is 0 Å². The number of hydrogen-bond acceptors (Lipinski definition) is 2. The number of halogens is 3. The van der Waals surface area contributed by atoms with Crippen molar-refractivity contribution in [3.8, 4) is 0 Å². The molecule has 0 aliphatic heterocycles. The molecule has 1 aromatic rings. The number of nitrogens with zero attached hydrogens (tertiary/aromatic N) is 1. The molecule has 0 bridgehead atoms. The summed E-state index contributed by atoms with van der Waals surface area (Å²) >= 11 is 17.5. The molecule has 0 spiro atoms. The van der Waals surface area contributed by atoms with E-state index in [9.17, 15) is 10.1 Å². The Bertz CT molecular complexity index is 443. The molecular weight excluding hydrogens is 260 g/mol. The first-order valence-corrected chi connectivity index (χ1v) is 5.03. The lowest BCUT2D eigenvalue weighted by Gasteiger charge is -2.03. The first kappa shape index (κ1) is 12.3. The second kappa shape index (κ2) is 4.84. The van der Waals surface area contributed by atoms with Gasteiger partial charge in [0.25, 0.3) is 0 Å². The van der Waals surface area contributed by atoms with Crippen molar-refractivity contribution in [3.63, 3.8) is 0 Å². The van der Waals surface area contributed by atoms with E-state index in [1.54, 1.807) is 0 Å². The van der Waals surface area contributed by atoms with Crippen LogP contribution in [0.25, 0.3) is 6.08 Å². The molecule has 0 saturated carbocycles. The molecule has 80 valence electrons. The van der Waals surface area contributed by atoms with E-state index < -0.39 is 4.92 Å². The Labute approximate surface area is 101 Å². The predicted molar refractivity (Wildman–Crippen MR) is 62.1 cm³/mol. The van der Waals surface area contributed by atoms with Crippen molar-refractivity contribution in [1.29, 1.82) is 0 Å². The average Bonchev–Trinajstić information content (AvgIpc) is 2.18. The maximum Gasteiger partial charge on any atom is 0.243 e. The van der Waals surface area contributed by atoms with E-state index in [2.05, 4.69) is 0 Å². The lowest BCUT2D eigenvalue weighted by molar-refractivity contribution is -0.422. The summed E-state index contributed by atoms with van der Waals surface area (Å²) < 4.78 is 0. The molecule has 3 nitrogen and oxygen atoms in total. The third-order valence-electron chi connectivity index (χ3n) is 1.72. The van der Waals surface area contributed by atoms with Crippen molar-refractivity contribution >= 4 is 40.9 Å². The third kappa shape index (κ3) is 2.84. The second-order valence-electron chi connectivity index (χ2n) is 2.80. The molecule has 1 rings (SSSR count). The van der Waals surface area contributed by atoms with Crippen molar-refractivity contribution in [2.45, 2.75) is 6.92 Å². The molecule has 15 heavy (non-hydrogen) atoms. The van der Waals surface area contributed by atoms with Crippen LogP contribution in [0.2, 0.25) is 15.1 Å². The Morgan fingerprint density at radius 2 is 1.87 bits per heavy atom. The Balaban J connectivity index is 3.32. The van der Waals surface area contributed by atoms with Crippen LogP contribution in [0.1, 0.15) is 12.5 Å². The van der Waals surface area contributed by atoms with Crippen LogP contribution in [0.5, 0.6) is 0 Å². The van der Waals surface area contributed by atoms with Gasteiger partial charge in [-0.15, -0.1) is 0 Å². The van der Waals surface area contributed by atoms with Gasteiger partial charge in [0.1, 0.15) is 0 Å². The van der Waals surface area contributed by atoms with Gasteiger partial charge >= 0.3 is 0 Å². The smallest absolute Gasteiger partial charge is 0.243 e. The van der Waals surface area contributed by atoms with Crippen molar-refractivity contribution < 1.29 is 4.92 Å². The summed E-state index contributed by atoms with van der Waals surface area (Å²) in [6.45, 7) is 1.35. The van der Waals surface area contributed by atoms with E-state index in [1.807, 2.05) is 0 Å². The zero-order chi connectivity index (χ0) is 11.6. The zero-order valence-electron chi connectivity index (χ0n) is 7.63. The minimum atomic E-state index is -0.520. The topological polar surface area (TPSA) is 43.1 Å². The summed E-state index contributed by atoms with van der Waals surface area (Å²) in [4.78, 5) is 9.91. The van der Waals surface area contributed by atoms with E-state index in [-0.39, 0.29) is 10.7 Å². The van der Waals surface area contributed by atoms with Crippen LogP contribution in [0, 0.1) is 10.1 Å². The highest BCUT2D eigenvalue weighted by molar-refractivity contribution is 6.44. The third-order valence-corrected chi connectivity index (χ3v) is 2.87. The standard InChI is InChI=1S/C9H6Cl3NO2/c1-5(13(14)15)4-6-7(10)2-3-8(11)9(6)12/h2-4H,1H3. The molecule has 0 atom stereocenters. The monoisotopic (exact) mass is 265 g/mol. The largest absolute Gasteiger partial charge is 0.259 e. The van der Waals surface area contributed by atoms with Crippen molar-refractivity contribution in [3.05, 3.63) is 48.6 Å². The van der Waals surface area contributed by atoms with Gasteiger partial charge in [0.15, 0.2) is 0 Å². The minimum absolute atomic E-state index is 0.0546. The van der Waals surface area contributed by atoms with Crippen LogP contribution in [-0.2, 0) is 0 Å². The van der Waals surface area contributed by atoms with Crippen LogP contribution < -0.4 is 0 Å². The summed E-state index contributed by atoms with van der Waals surface area (Å²) in [6.07, 6.45) is 1.29. The molecule has 0 heterocycles. The predicted octanol–water partition coefficient (Wildman–Crippen LogP) is 4.28. The highest BCUT2D eigenvalue weighted by Gasteiger charge is 2.11. The normalized spacial score (nSPS) is 11.6. The highest BCUT2D eigenvalue weighted by Crippen LogP contribution is 2.32. The molecule has 0 aromatic heterocycles. The van der Waals surface area contributed by atoms with Crippen LogP contribution in [0.4, 0.5) is 0 Å². The summed E-state index contributed by atoms with van der Waals surface area (Å²) in [7, 11) is 0. The zero-order valence-corrected chi connectivity index (χ0v) is 9.90. The molecule has 1 aromatic carbocycles. The SMILES string of the molecule is CC(=Cc1c(Cl)ccc(Cl)c1Cl)[N+](=O)[O-]. The maximum atomic E-state index is 10.4. The fourth-order valence-electron chi connectivity index (χ4n) is 0.937. The molecule has 0 saturated heterocycles. The molecule has 0 aliphatic carbocycles. The fourth-order valence-corrected chi connectivity index (χ4v) is 1.58. The van der Waals surface area contributed by atoms with Gasteiger partial charge in [0, 0.05) is 23.6 Å². The molecule has 0 unspecified atom stereocenters. The van der Waals surface area contributed by atoms with Crippen LogP contribution >= 0.6 is 34.8 Å². The molecule has 0 N–H and O–H groups in total. The van der Waals surface area contributed by atoms with Crippen LogP contribution in [0.3, 0.4) is 0 Å². The van der Waals surface area contributed by atoms with Gasteiger partial charge in [-0.25, -0.2) is 0 Å². The number of rotatable bonds is 2. The van der Waals surface area contributed by atoms with E-state index in [0.717, 1.165) is 0 Å². The number of hydrogen-bond donors (Lipinski definition) is 0. The van der Waals surface area contributed by atoms with Gasteiger partial charge in [-0.3, -0.25) is 10.1 Å². The second-order valence-corrected chi connectivity index (χ2v) is 3.99. The number of allylic oxidation sites excluding steroid dienone is 1. The average molecular weight is 267 g/mol. The summed E-state index contributed by atoms with van der Waals surface area (Å²) in [5.41, 5.74) is 0.307. The maximum absolute atomic E-state index is 10.4. The van der Waals surface area contributed by atoms with E-state index in [0.29, 0.717) is 15.6 Å². The minimum Gasteiger partial charge on any atom is -0.259 e. The van der Waals surface area contributed by atoms with Gasteiger partial charge in [-0.05, 0) is 12.1 Å². The molecule has 0 amide bonds. The lowest BCUT2D eigenvalue weighted by Crippen LogP contribution is -1.93. The van der Waals surface area contributed by atoms with Crippen LogP contribution in [0.15, 0.2) is 17.8 Å². The first-order chi connectivity index (χ1) is 6.93. The molecule has 0 aliphatic rings. The van der Waals surface area contributed by atoms with E-state index in [4.69, 9.17) is 34.8 Å². The van der Waals surface area contributed by atoms with Gasteiger partial charge in [0.05, 0.1) is 15.0 Å². The van der Waals surface area contributed by atoms with Crippen molar-refractivity contribution in [2.75, 3.05) is 0 Å². The Hall–Kier alpha value is -0.770. The Kier molecular flexibility index (Phi) is 3.97. The Morgan fingerprint density at radius 1 is 1.33 bits per heavy atom. The van der Waals surface area contributed by atoms with E-state index >= 15 is 0 Å². The quantitative estimate of drug-likeness (QED) is 0.455. The lowest BCUT2D eigenvalue weighted by atomic mass is 10.2. The Morgan fingerprint density at radius 3 is 2.40 bits per heavy atom. The highest BCUT2D eigenvalue weighted by atomic mass is 35.5. The fraction of sp³-hybridized carbons (Fsp3) is 0.111. The van der Waals surface area contributed by atoms with E-state index in [1.165, 1.54) is 25.1 Å². The van der Waals surface area contributed by atoms with Crippen LogP contribution in [-0.4, -0.2) is 4.92 Å². The van der Waals surface area contributed by atoms with Crippen molar-refractivity contribution in [1.82, 2.24) is 0 Å². The first-order valence-electron chi connectivity index (χ1n) is 3.89. The molecule has 0 fully saturated rings. The molecule has 0 radical (unpaired) electrons. The molecular formula is C9H6Cl3NO2. The summed E-state index contributed by atoms with van der Waals surface area (Å²) in [5, 5.41) is 11.3. The summed E-state index contributed by atoms with van der Waals surface area (Å²) in [6, 6.07) is 3.07. The van der Waals surface area contributed by atoms with Crippen molar-refractivity contribution in [2.24, 2.45) is 0 Å². The van der Waals surface area contributed by atoms with Gasteiger partial charge in [-0.2, -0.15) is 0 Å². The number of benzene rings is 1. The van der Waals surface area contributed by atoms with Gasteiger partial charge in [-0.1, -0.05) is 34.8 Å². The van der Waals surface area contributed by atoms with Gasteiger partial charge in [0.2, 0.25) is 5.70 Å².